The van der Waals surface area contributed by atoms with Crippen LogP contribution in [0.15, 0.2) is 0 Å². The fourth-order valence-electron chi connectivity index (χ4n) is 2.08. The summed E-state index contributed by atoms with van der Waals surface area (Å²) in [5, 5.41) is 0.794. The van der Waals surface area contributed by atoms with Gasteiger partial charge in [-0.25, -0.2) is 0 Å². The van der Waals surface area contributed by atoms with Crippen LogP contribution in [0.5, 0.6) is 23.0 Å². The van der Waals surface area contributed by atoms with Crippen molar-refractivity contribution in [3.8, 4) is 23.0 Å². The van der Waals surface area contributed by atoms with Gasteiger partial charge in [0.1, 0.15) is 0 Å². The van der Waals surface area contributed by atoms with Crippen molar-refractivity contribution in [2.75, 3.05) is 26.4 Å². The number of hydrogen-bond acceptors (Lipinski definition) is 5. The Morgan fingerprint density at radius 3 is 1.33 bits per heavy atom. The topological polar surface area (TPSA) is 62.9 Å². The summed E-state index contributed by atoms with van der Waals surface area (Å²) in [6.45, 7) is 10.1. The molecule has 1 atom stereocenters. The van der Waals surface area contributed by atoms with Gasteiger partial charge in [-0.05, 0) is 27.7 Å². The van der Waals surface area contributed by atoms with Gasteiger partial charge in [0.2, 0.25) is 0 Å². The molecule has 0 aliphatic rings. The van der Waals surface area contributed by atoms with Gasteiger partial charge in [-0.1, -0.05) is 9.24 Å². The predicted octanol–water partition coefficient (Wildman–Crippen LogP) is 2.24. The van der Waals surface area contributed by atoms with E-state index in [2.05, 4.69) is 9.24 Å². The predicted molar refractivity (Wildman–Crippen MR) is 88.4 cm³/mol. The Kier molecular flexibility index (Phi) is 7.62. The van der Waals surface area contributed by atoms with Gasteiger partial charge in [-0.3, -0.25) is 0 Å². The highest BCUT2D eigenvalue weighted by Gasteiger charge is 2.25. The molecule has 21 heavy (non-hydrogen) atoms. The number of nitrogens with two attached hydrogens (primary N) is 1. The fraction of sp³-hybridized carbons (Fsp3) is 0.600. The normalized spacial score (nSPS) is 10.4. The Balaban J connectivity index is 3.59. The number of ether oxygens (including phenoxy) is 4. The first-order chi connectivity index (χ1) is 10.2. The Labute approximate surface area is 129 Å². The van der Waals surface area contributed by atoms with Crippen LogP contribution in [0.3, 0.4) is 0 Å². The van der Waals surface area contributed by atoms with Gasteiger partial charge in [0.25, 0.3) is 0 Å². The Morgan fingerprint density at radius 2 is 1.05 bits per heavy atom. The van der Waals surface area contributed by atoms with E-state index in [1.807, 2.05) is 27.7 Å². The van der Waals surface area contributed by atoms with Gasteiger partial charge in [-0.15, -0.1) is 0 Å². The Hall–Kier alpha value is -1.19. The molecular weight excluding hydrogens is 289 g/mol. The molecule has 1 aromatic rings. The summed E-state index contributed by atoms with van der Waals surface area (Å²) in [6, 6.07) is 0. The zero-order valence-corrected chi connectivity index (χ0v) is 14.5. The number of hydrogen-bond donors (Lipinski definition) is 1. The second kappa shape index (κ2) is 8.96. The highest BCUT2D eigenvalue weighted by Crippen LogP contribution is 2.44. The lowest BCUT2D eigenvalue weighted by Crippen LogP contribution is -2.16. The quantitative estimate of drug-likeness (QED) is 0.708. The molecule has 0 heterocycles. The second-order valence-corrected chi connectivity index (χ2v) is 4.72. The maximum Gasteiger partial charge on any atom is 0.172 e. The summed E-state index contributed by atoms with van der Waals surface area (Å²) in [4.78, 5) is 0. The largest absolute Gasteiger partial charge is 0.489 e. The zero-order valence-electron chi connectivity index (χ0n) is 13.3. The molecule has 120 valence electrons. The summed E-state index contributed by atoms with van der Waals surface area (Å²) in [5.74, 6) is 2.57. The monoisotopic (exact) mass is 315 g/mol. The van der Waals surface area contributed by atoms with Crippen molar-refractivity contribution in [2.24, 2.45) is 5.73 Å². The van der Waals surface area contributed by atoms with Gasteiger partial charge in [0, 0.05) is 6.54 Å². The minimum absolute atomic E-state index is 0.287. The van der Waals surface area contributed by atoms with Gasteiger partial charge in [0.15, 0.2) is 23.0 Å². The molecule has 0 saturated heterocycles. The van der Waals surface area contributed by atoms with Gasteiger partial charge >= 0.3 is 0 Å². The average Bonchev–Trinajstić information content (AvgIpc) is 2.48. The van der Waals surface area contributed by atoms with Gasteiger partial charge < -0.3 is 24.7 Å². The molecule has 0 spiro atoms. The number of benzene rings is 1. The minimum Gasteiger partial charge on any atom is -0.489 e. The van der Waals surface area contributed by atoms with Crippen molar-refractivity contribution in [1.29, 1.82) is 0 Å². The van der Waals surface area contributed by atoms with Crippen molar-refractivity contribution in [3.05, 3.63) is 5.56 Å². The summed E-state index contributed by atoms with van der Waals surface area (Å²) in [5.41, 5.74) is 6.69. The van der Waals surface area contributed by atoms with E-state index in [9.17, 15) is 0 Å². The van der Waals surface area contributed by atoms with Crippen molar-refractivity contribution >= 4 is 14.5 Å². The van der Waals surface area contributed by atoms with Crippen LogP contribution < -0.4 is 30.0 Å². The third kappa shape index (κ3) is 3.92. The minimum atomic E-state index is 0.287. The molecule has 0 bridgehead atoms. The van der Waals surface area contributed by atoms with Gasteiger partial charge in [-0.2, -0.15) is 0 Å². The van der Waals surface area contributed by atoms with Crippen molar-refractivity contribution < 1.29 is 18.9 Å². The molecule has 0 radical (unpaired) electrons. The van der Waals surface area contributed by atoms with Crippen LogP contribution in [0.25, 0.3) is 0 Å². The highest BCUT2D eigenvalue weighted by atomic mass is 31.0. The molecule has 0 aliphatic carbocycles. The molecule has 0 aliphatic heterocycles. The standard InChI is InChI=1S/C15H26NO4P/c1-5-17-11-10(9-16)12(18-6-2)14(20-8-4)15(21)13(11)19-7-3/h5-9,16,21H2,1-4H3. The third-order valence-corrected chi connectivity index (χ3v) is 3.33. The first-order valence-electron chi connectivity index (χ1n) is 7.35. The summed E-state index contributed by atoms with van der Waals surface area (Å²) in [6.07, 6.45) is 0. The average molecular weight is 315 g/mol. The second-order valence-electron chi connectivity index (χ2n) is 4.14. The van der Waals surface area contributed by atoms with Crippen molar-refractivity contribution in [2.45, 2.75) is 34.2 Å². The van der Waals surface area contributed by atoms with E-state index in [1.165, 1.54) is 0 Å². The molecule has 0 fully saturated rings. The smallest absolute Gasteiger partial charge is 0.172 e. The van der Waals surface area contributed by atoms with E-state index in [0.717, 1.165) is 10.9 Å². The summed E-state index contributed by atoms with van der Waals surface area (Å²) < 4.78 is 23.0. The molecule has 0 saturated carbocycles. The van der Waals surface area contributed by atoms with Crippen LogP contribution in [0.2, 0.25) is 0 Å². The molecule has 1 rings (SSSR count). The van der Waals surface area contributed by atoms with E-state index in [4.69, 9.17) is 24.7 Å². The van der Waals surface area contributed by atoms with Crippen LogP contribution in [-0.2, 0) is 6.54 Å². The van der Waals surface area contributed by atoms with Crippen LogP contribution in [0.4, 0.5) is 0 Å². The molecule has 0 amide bonds. The Morgan fingerprint density at radius 1 is 0.714 bits per heavy atom. The summed E-state index contributed by atoms with van der Waals surface area (Å²) in [7, 11) is 2.65. The molecule has 1 aromatic carbocycles. The fourth-order valence-corrected chi connectivity index (χ4v) is 2.51. The maximum absolute atomic E-state index is 5.91. The van der Waals surface area contributed by atoms with E-state index in [-0.39, 0.29) is 6.54 Å². The number of rotatable bonds is 9. The van der Waals surface area contributed by atoms with E-state index in [1.54, 1.807) is 0 Å². The molecular formula is C15H26NO4P. The molecule has 5 nitrogen and oxygen atoms in total. The van der Waals surface area contributed by atoms with Crippen LogP contribution in [-0.4, -0.2) is 26.4 Å². The van der Waals surface area contributed by atoms with Crippen LogP contribution >= 0.6 is 9.24 Å². The van der Waals surface area contributed by atoms with E-state index >= 15 is 0 Å². The first kappa shape index (κ1) is 17.9. The van der Waals surface area contributed by atoms with Crippen molar-refractivity contribution in [3.63, 3.8) is 0 Å². The van der Waals surface area contributed by atoms with Crippen molar-refractivity contribution in [1.82, 2.24) is 0 Å². The lowest BCUT2D eigenvalue weighted by Gasteiger charge is -2.23. The van der Waals surface area contributed by atoms with Crippen LogP contribution in [0, 0.1) is 0 Å². The van der Waals surface area contributed by atoms with Crippen LogP contribution in [0.1, 0.15) is 33.3 Å². The van der Waals surface area contributed by atoms with E-state index < -0.39 is 0 Å². The summed E-state index contributed by atoms with van der Waals surface area (Å²) >= 11 is 0. The van der Waals surface area contributed by atoms with Gasteiger partial charge in [0.05, 0.1) is 37.3 Å². The molecule has 6 heteroatoms. The lowest BCUT2D eigenvalue weighted by atomic mass is 10.1. The SMILES string of the molecule is CCOc1c(P)c(OCC)c(OCC)c(CN)c1OCC. The van der Waals surface area contributed by atoms with E-state index in [0.29, 0.717) is 49.4 Å². The maximum atomic E-state index is 5.91. The Bertz CT molecular complexity index is 428. The zero-order chi connectivity index (χ0) is 15.8. The molecule has 1 unspecified atom stereocenters. The molecule has 2 N–H and O–H groups in total. The molecule has 0 aromatic heterocycles. The first-order valence-corrected chi connectivity index (χ1v) is 7.93. The lowest BCUT2D eigenvalue weighted by molar-refractivity contribution is 0.265. The third-order valence-electron chi connectivity index (χ3n) is 2.81. The highest BCUT2D eigenvalue weighted by molar-refractivity contribution is 7.28.